The lowest BCUT2D eigenvalue weighted by Crippen LogP contribution is -2.56. The molecule has 0 saturated heterocycles. The van der Waals surface area contributed by atoms with Crippen LogP contribution >= 0.6 is 0 Å². The zero-order chi connectivity index (χ0) is 34.4. The number of carbonyl (C=O) groups excluding carboxylic acids is 4. The molecule has 0 aliphatic heterocycles. The Morgan fingerprint density at radius 2 is 1.47 bits per heavy atom. The van der Waals surface area contributed by atoms with E-state index in [4.69, 9.17) is 0 Å². The van der Waals surface area contributed by atoms with E-state index in [0.29, 0.717) is 25.8 Å². The molecular weight excluding hydrogens is 574 g/mol. The van der Waals surface area contributed by atoms with Gasteiger partial charge in [0.2, 0.25) is 23.6 Å². The lowest BCUT2D eigenvalue weighted by molar-refractivity contribution is -0.142. The fourth-order valence-electron chi connectivity index (χ4n) is 5.64. The summed E-state index contributed by atoms with van der Waals surface area (Å²) in [6.45, 7) is 18.4. The van der Waals surface area contributed by atoms with E-state index in [-0.39, 0.29) is 47.1 Å². The van der Waals surface area contributed by atoms with Crippen LogP contribution in [-0.4, -0.2) is 71.0 Å². The van der Waals surface area contributed by atoms with Gasteiger partial charge in [-0.15, -0.1) is 0 Å². The predicted octanol–water partition coefficient (Wildman–Crippen LogP) is 4.04. The lowest BCUT2D eigenvalue weighted by atomic mass is 9.89. The second kappa shape index (κ2) is 19.1. The summed E-state index contributed by atoms with van der Waals surface area (Å²) in [6.07, 6.45) is 8.23. The SMILES string of the molecule is CC(C)[C@H](NC(=O)CCCCCC(C)(C)C)C(=O)N[C@@H](C)C(=O)N[C@@H](CCCCNC(=O)C1CCC[C@@H]1NC(C)(C)C)C(=O)O. The Labute approximate surface area is 271 Å². The molecule has 1 fully saturated rings. The molecule has 1 rings (SSSR count). The highest BCUT2D eigenvalue weighted by Gasteiger charge is 2.35. The van der Waals surface area contributed by atoms with Gasteiger partial charge in [0.25, 0.3) is 0 Å². The van der Waals surface area contributed by atoms with E-state index < -0.39 is 35.9 Å². The quantitative estimate of drug-likeness (QED) is 0.116. The fourth-order valence-corrected chi connectivity index (χ4v) is 5.64. The monoisotopic (exact) mass is 637 g/mol. The van der Waals surface area contributed by atoms with Crippen molar-refractivity contribution in [1.82, 2.24) is 26.6 Å². The number of nitrogens with one attached hydrogen (secondary N) is 5. The van der Waals surface area contributed by atoms with Crippen LogP contribution in [0.3, 0.4) is 0 Å². The number of carbonyl (C=O) groups is 5. The molecule has 0 bridgehead atoms. The Kier molecular flexibility index (Phi) is 17.1. The van der Waals surface area contributed by atoms with E-state index in [1.165, 1.54) is 6.92 Å². The summed E-state index contributed by atoms with van der Waals surface area (Å²) in [5.41, 5.74) is 0.195. The molecule has 11 nitrogen and oxygen atoms in total. The van der Waals surface area contributed by atoms with Gasteiger partial charge >= 0.3 is 5.97 Å². The second-order valence-electron chi connectivity index (χ2n) is 15.4. The van der Waals surface area contributed by atoms with E-state index in [2.05, 4.69) is 68.1 Å². The van der Waals surface area contributed by atoms with Crippen LogP contribution in [0.15, 0.2) is 0 Å². The minimum Gasteiger partial charge on any atom is -0.480 e. The van der Waals surface area contributed by atoms with Crippen LogP contribution in [0, 0.1) is 17.3 Å². The van der Waals surface area contributed by atoms with Crippen molar-refractivity contribution in [2.45, 2.75) is 163 Å². The van der Waals surface area contributed by atoms with Crippen LogP contribution in [-0.2, 0) is 24.0 Å². The highest BCUT2D eigenvalue weighted by molar-refractivity contribution is 5.93. The van der Waals surface area contributed by atoms with Crippen LogP contribution in [0.4, 0.5) is 0 Å². The molecule has 11 heteroatoms. The molecule has 0 aromatic rings. The fraction of sp³-hybridized carbons (Fsp3) is 0.853. The van der Waals surface area contributed by atoms with Gasteiger partial charge in [-0.1, -0.05) is 53.9 Å². The van der Waals surface area contributed by atoms with Crippen molar-refractivity contribution < 1.29 is 29.1 Å². The zero-order valence-corrected chi connectivity index (χ0v) is 29.4. The maximum absolute atomic E-state index is 13.0. The number of hydrogen-bond acceptors (Lipinski definition) is 6. The summed E-state index contributed by atoms with van der Waals surface area (Å²) in [5, 5.41) is 24.1. The van der Waals surface area contributed by atoms with Crippen molar-refractivity contribution in [3.8, 4) is 0 Å². The molecule has 0 radical (unpaired) electrons. The molecule has 1 unspecified atom stereocenters. The maximum atomic E-state index is 13.0. The summed E-state index contributed by atoms with van der Waals surface area (Å²) in [5.74, 6) is -2.72. The number of aliphatic carboxylic acids is 1. The van der Waals surface area contributed by atoms with Gasteiger partial charge in [0, 0.05) is 24.5 Å². The Morgan fingerprint density at radius 1 is 0.800 bits per heavy atom. The number of hydrogen-bond donors (Lipinski definition) is 6. The van der Waals surface area contributed by atoms with Crippen molar-refractivity contribution in [3.63, 3.8) is 0 Å². The van der Waals surface area contributed by atoms with Gasteiger partial charge in [-0.25, -0.2) is 4.79 Å². The summed E-state index contributed by atoms with van der Waals surface area (Å²) in [7, 11) is 0. The third kappa shape index (κ3) is 17.0. The summed E-state index contributed by atoms with van der Waals surface area (Å²) < 4.78 is 0. The Hall–Kier alpha value is -2.69. The van der Waals surface area contributed by atoms with Gasteiger partial charge in [0.1, 0.15) is 18.1 Å². The van der Waals surface area contributed by atoms with Gasteiger partial charge in [0.05, 0.1) is 5.92 Å². The molecule has 45 heavy (non-hydrogen) atoms. The van der Waals surface area contributed by atoms with Crippen molar-refractivity contribution in [1.29, 1.82) is 0 Å². The lowest BCUT2D eigenvalue weighted by Gasteiger charge is -2.29. The van der Waals surface area contributed by atoms with Crippen LogP contribution in [0.25, 0.3) is 0 Å². The van der Waals surface area contributed by atoms with E-state index in [9.17, 15) is 29.1 Å². The average molecular weight is 638 g/mol. The minimum atomic E-state index is -1.16. The standard InChI is InChI=1S/C34H63N5O6/c1-22(2)28(38-27(40)19-11-10-13-20-33(4,5)6)31(43)36-23(3)29(41)37-26(32(44)45)17-12-14-21-35-30(42)24-16-15-18-25(24)39-34(7,8)9/h22-26,28,39H,10-21H2,1-9H3,(H,35,42)(H,36,43)(H,37,41)(H,38,40)(H,44,45)/t23-,24?,25-,26-,28-/m0/s1. The van der Waals surface area contributed by atoms with E-state index >= 15 is 0 Å². The third-order valence-corrected chi connectivity index (χ3v) is 8.15. The van der Waals surface area contributed by atoms with Gasteiger partial charge in [-0.3, -0.25) is 19.2 Å². The van der Waals surface area contributed by atoms with Crippen LogP contribution in [0.5, 0.6) is 0 Å². The summed E-state index contributed by atoms with van der Waals surface area (Å²) >= 11 is 0. The first-order valence-corrected chi connectivity index (χ1v) is 17.0. The first-order valence-electron chi connectivity index (χ1n) is 17.0. The highest BCUT2D eigenvalue weighted by Crippen LogP contribution is 2.27. The minimum absolute atomic E-state index is 0.0221. The largest absolute Gasteiger partial charge is 0.480 e. The molecule has 4 amide bonds. The van der Waals surface area contributed by atoms with Crippen molar-refractivity contribution >= 4 is 29.6 Å². The van der Waals surface area contributed by atoms with Gasteiger partial charge < -0.3 is 31.7 Å². The smallest absolute Gasteiger partial charge is 0.326 e. The molecule has 0 heterocycles. The molecule has 0 spiro atoms. The maximum Gasteiger partial charge on any atom is 0.326 e. The molecule has 5 atom stereocenters. The van der Waals surface area contributed by atoms with E-state index in [1.54, 1.807) is 0 Å². The molecule has 6 N–H and O–H groups in total. The highest BCUT2D eigenvalue weighted by atomic mass is 16.4. The Bertz CT molecular complexity index is 971. The van der Waals surface area contributed by atoms with Crippen molar-refractivity contribution in [3.05, 3.63) is 0 Å². The topological polar surface area (TPSA) is 166 Å². The second-order valence-corrected chi connectivity index (χ2v) is 15.4. The number of amides is 4. The van der Waals surface area contributed by atoms with E-state index in [1.807, 2.05) is 13.8 Å². The molecule has 1 aliphatic rings. The molecule has 1 aliphatic carbocycles. The normalized spacial score (nSPS) is 19.0. The first kappa shape index (κ1) is 40.3. The summed E-state index contributed by atoms with van der Waals surface area (Å²) in [6, 6.07) is -2.77. The van der Waals surface area contributed by atoms with E-state index in [0.717, 1.165) is 44.9 Å². The number of carboxylic acids is 1. The number of carboxylic acid groups (broad SMARTS) is 1. The van der Waals surface area contributed by atoms with Crippen LogP contribution < -0.4 is 26.6 Å². The molecule has 1 saturated carbocycles. The van der Waals surface area contributed by atoms with Crippen LogP contribution in [0.2, 0.25) is 0 Å². The molecule has 260 valence electrons. The molecule has 0 aromatic carbocycles. The van der Waals surface area contributed by atoms with Crippen molar-refractivity contribution in [2.24, 2.45) is 17.3 Å². The number of rotatable bonds is 19. The van der Waals surface area contributed by atoms with Gasteiger partial charge in [-0.05, 0) is 84.0 Å². The Balaban J connectivity index is 2.48. The zero-order valence-electron chi connectivity index (χ0n) is 29.4. The average Bonchev–Trinajstić information content (AvgIpc) is 3.35. The van der Waals surface area contributed by atoms with Crippen molar-refractivity contribution in [2.75, 3.05) is 6.54 Å². The first-order chi connectivity index (χ1) is 20.8. The number of unbranched alkanes of at least 4 members (excludes halogenated alkanes) is 3. The predicted molar refractivity (Wildman–Crippen MR) is 177 cm³/mol. The Morgan fingerprint density at radius 3 is 2.04 bits per heavy atom. The molecule has 0 aromatic heterocycles. The summed E-state index contributed by atoms with van der Waals surface area (Å²) in [4.78, 5) is 62.9. The van der Waals surface area contributed by atoms with Gasteiger partial charge in [0.15, 0.2) is 0 Å². The molecular formula is C34H63N5O6. The van der Waals surface area contributed by atoms with Gasteiger partial charge in [-0.2, -0.15) is 0 Å². The van der Waals surface area contributed by atoms with Crippen LogP contribution in [0.1, 0.15) is 133 Å². The third-order valence-electron chi connectivity index (χ3n) is 8.15.